The van der Waals surface area contributed by atoms with Crippen LogP contribution in [0, 0.1) is 11.8 Å². The maximum absolute atomic E-state index is 11.5. The van der Waals surface area contributed by atoms with E-state index in [9.17, 15) is 4.79 Å². The first kappa shape index (κ1) is 15.4. The van der Waals surface area contributed by atoms with Crippen LogP contribution in [-0.2, 0) is 9.53 Å². The molecule has 1 unspecified atom stereocenters. The smallest absolute Gasteiger partial charge is 0.220 e. The fraction of sp³-hybridized carbons (Fsp3) is 0.917. The van der Waals surface area contributed by atoms with Gasteiger partial charge >= 0.3 is 0 Å². The highest BCUT2D eigenvalue weighted by Gasteiger charge is 2.13. The van der Waals surface area contributed by atoms with Crippen molar-refractivity contribution in [3.8, 4) is 0 Å². The normalized spacial score (nSPS) is 12.8. The number of amides is 1. The zero-order valence-electron chi connectivity index (χ0n) is 10.8. The zero-order chi connectivity index (χ0) is 12.4. The summed E-state index contributed by atoms with van der Waals surface area (Å²) in [6.45, 7) is 8.68. The minimum Gasteiger partial charge on any atom is -0.380 e. The van der Waals surface area contributed by atoms with Crippen LogP contribution in [0.4, 0.5) is 0 Å². The van der Waals surface area contributed by atoms with Gasteiger partial charge in [-0.05, 0) is 31.7 Å². The summed E-state index contributed by atoms with van der Waals surface area (Å²) in [6, 6.07) is 0. The molecular weight excluding hydrogens is 204 g/mol. The standard InChI is InChI=1S/C12H26N2O2/c1-4-16-6-5-14-12(15)8-11(9-13)7-10(2)3/h10-11H,4-9,13H2,1-3H3,(H,14,15). The Labute approximate surface area is 98.9 Å². The van der Waals surface area contributed by atoms with Crippen molar-refractivity contribution in [2.45, 2.75) is 33.6 Å². The number of nitrogens with two attached hydrogens (primary N) is 1. The monoisotopic (exact) mass is 230 g/mol. The van der Waals surface area contributed by atoms with Gasteiger partial charge in [0, 0.05) is 19.6 Å². The average molecular weight is 230 g/mol. The van der Waals surface area contributed by atoms with E-state index < -0.39 is 0 Å². The molecule has 0 spiro atoms. The van der Waals surface area contributed by atoms with Crippen molar-refractivity contribution in [3.05, 3.63) is 0 Å². The summed E-state index contributed by atoms with van der Waals surface area (Å²) in [6.07, 6.45) is 1.54. The molecule has 4 nitrogen and oxygen atoms in total. The lowest BCUT2D eigenvalue weighted by Gasteiger charge is -2.16. The molecule has 0 aliphatic carbocycles. The summed E-state index contributed by atoms with van der Waals surface area (Å²) in [5.41, 5.74) is 5.64. The Morgan fingerprint density at radius 1 is 1.44 bits per heavy atom. The molecule has 16 heavy (non-hydrogen) atoms. The predicted octanol–water partition coefficient (Wildman–Crippen LogP) is 1.15. The largest absolute Gasteiger partial charge is 0.380 e. The van der Waals surface area contributed by atoms with Gasteiger partial charge in [0.2, 0.25) is 5.91 Å². The Morgan fingerprint density at radius 3 is 2.62 bits per heavy atom. The lowest BCUT2D eigenvalue weighted by Crippen LogP contribution is -2.31. The van der Waals surface area contributed by atoms with Gasteiger partial charge in [0.25, 0.3) is 0 Å². The molecule has 96 valence electrons. The molecular formula is C12H26N2O2. The molecule has 0 heterocycles. The van der Waals surface area contributed by atoms with Gasteiger partial charge in [-0.15, -0.1) is 0 Å². The van der Waals surface area contributed by atoms with Crippen LogP contribution in [0.25, 0.3) is 0 Å². The summed E-state index contributed by atoms with van der Waals surface area (Å²) in [4.78, 5) is 11.5. The Kier molecular flexibility index (Phi) is 9.24. The molecule has 0 radical (unpaired) electrons. The van der Waals surface area contributed by atoms with Crippen LogP contribution < -0.4 is 11.1 Å². The van der Waals surface area contributed by atoms with Crippen LogP contribution in [0.15, 0.2) is 0 Å². The first-order chi connectivity index (χ1) is 7.60. The molecule has 0 saturated heterocycles. The second kappa shape index (κ2) is 9.60. The number of nitrogens with one attached hydrogen (secondary N) is 1. The molecule has 0 saturated carbocycles. The van der Waals surface area contributed by atoms with Crippen LogP contribution >= 0.6 is 0 Å². The quantitative estimate of drug-likeness (QED) is 0.584. The van der Waals surface area contributed by atoms with Crippen molar-refractivity contribution < 1.29 is 9.53 Å². The zero-order valence-corrected chi connectivity index (χ0v) is 10.8. The summed E-state index contributed by atoms with van der Waals surface area (Å²) < 4.78 is 5.14. The molecule has 3 N–H and O–H groups in total. The molecule has 0 fully saturated rings. The summed E-state index contributed by atoms with van der Waals surface area (Å²) in [5.74, 6) is 0.965. The highest BCUT2D eigenvalue weighted by Crippen LogP contribution is 2.13. The Bertz CT molecular complexity index is 184. The Morgan fingerprint density at radius 2 is 2.12 bits per heavy atom. The molecule has 0 aromatic carbocycles. The van der Waals surface area contributed by atoms with Gasteiger partial charge in [0.1, 0.15) is 0 Å². The van der Waals surface area contributed by atoms with E-state index in [1.807, 2.05) is 6.92 Å². The summed E-state index contributed by atoms with van der Waals surface area (Å²) in [7, 11) is 0. The van der Waals surface area contributed by atoms with E-state index in [2.05, 4.69) is 19.2 Å². The molecule has 4 heteroatoms. The number of rotatable bonds is 9. The van der Waals surface area contributed by atoms with Crippen molar-refractivity contribution in [1.82, 2.24) is 5.32 Å². The topological polar surface area (TPSA) is 64.3 Å². The second-order valence-electron chi connectivity index (χ2n) is 4.48. The Balaban J connectivity index is 3.66. The fourth-order valence-corrected chi connectivity index (χ4v) is 1.67. The first-order valence-corrected chi connectivity index (χ1v) is 6.14. The molecule has 0 aliphatic rings. The Hall–Kier alpha value is -0.610. The van der Waals surface area contributed by atoms with E-state index in [-0.39, 0.29) is 5.91 Å². The number of ether oxygens (including phenoxy) is 1. The molecule has 0 aromatic heterocycles. The highest BCUT2D eigenvalue weighted by atomic mass is 16.5. The molecule has 0 aliphatic heterocycles. The molecule has 1 amide bonds. The third-order valence-corrected chi connectivity index (χ3v) is 2.38. The van der Waals surface area contributed by atoms with E-state index in [4.69, 9.17) is 10.5 Å². The van der Waals surface area contributed by atoms with Gasteiger partial charge in [-0.1, -0.05) is 13.8 Å². The third-order valence-electron chi connectivity index (χ3n) is 2.38. The maximum atomic E-state index is 11.5. The minimum atomic E-state index is 0.0794. The van der Waals surface area contributed by atoms with Gasteiger partial charge in [-0.3, -0.25) is 4.79 Å². The predicted molar refractivity (Wildman–Crippen MR) is 66.1 cm³/mol. The van der Waals surface area contributed by atoms with Gasteiger partial charge in [0.05, 0.1) is 6.61 Å². The van der Waals surface area contributed by atoms with Crippen LogP contribution in [0.5, 0.6) is 0 Å². The molecule has 0 bridgehead atoms. The second-order valence-corrected chi connectivity index (χ2v) is 4.48. The lowest BCUT2D eigenvalue weighted by atomic mass is 9.94. The number of hydrogen-bond donors (Lipinski definition) is 2. The fourth-order valence-electron chi connectivity index (χ4n) is 1.67. The van der Waals surface area contributed by atoms with Gasteiger partial charge in [-0.25, -0.2) is 0 Å². The summed E-state index contributed by atoms with van der Waals surface area (Å²) >= 11 is 0. The highest BCUT2D eigenvalue weighted by molar-refractivity contribution is 5.76. The number of carbonyl (C=O) groups excluding carboxylic acids is 1. The van der Waals surface area contributed by atoms with Crippen LogP contribution in [0.2, 0.25) is 0 Å². The number of carbonyl (C=O) groups is 1. The van der Waals surface area contributed by atoms with Crippen molar-refractivity contribution in [1.29, 1.82) is 0 Å². The van der Waals surface area contributed by atoms with Crippen molar-refractivity contribution in [3.63, 3.8) is 0 Å². The van der Waals surface area contributed by atoms with E-state index in [0.717, 1.165) is 6.42 Å². The van der Waals surface area contributed by atoms with Gasteiger partial charge in [0.15, 0.2) is 0 Å². The van der Waals surface area contributed by atoms with Crippen LogP contribution in [-0.4, -0.2) is 32.2 Å². The number of hydrogen-bond acceptors (Lipinski definition) is 3. The van der Waals surface area contributed by atoms with E-state index in [1.165, 1.54) is 0 Å². The third kappa shape index (κ3) is 8.68. The van der Waals surface area contributed by atoms with Crippen LogP contribution in [0.1, 0.15) is 33.6 Å². The van der Waals surface area contributed by atoms with Crippen molar-refractivity contribution in [2.24, 2.45) is 17.6 Å². The van der Waals surface area contributed by atoms with E-state index in [0.29, 0.717) is 44.6 Å². The van der Waals surface area contributed by atoms with Crippen molar-refractivity contribution in [2.75, 3.05) is 26.3 Å². The maximum Gasteiger partial charge on any atom is 0.220 e. The van der Waals surface area contributed by atoms with E-state index >= 15 is 0 Å². The first-order valence-electron chi connectivity index (χ1n) is 6.14. The van der Waals surface area contributed by atoms with Crippen LogP contribution in [0.3, 0.4) is 0 Å². The molecule has 1 atom stereocenters. The van der Waals surface area contributed by atoms with Gasteiger partial charge < -0.3 is 15.8 Å². The lowest BCUT2D eigenvalue weighted by molar-refractivity contribution is -0.122. The average Bonchev–Trinajstić information content (AvgIpc) is 2.23. The minimum absolute atomic E-state index is 0.0794. The molecule has 0 aromatic rings. The SMILES string of the molecule is CCOCCNC(=O)CC(CN)CC(C)C. The van der Waals surface area contributed by atoms with Crippen molar-refractivity contribution >= 4 is 5.91 Å². The van der Waals surface area contributed by atoms with Gasteiger partial charge in [-0.2, -0.15) is 0 Å². The van der Waals surface area contributed by atoms with E-state index in [1.54, 1.807) is 0 Å². The molecule has 0 rings (SSSR count). The summed E-state index contributed by atoms with van der Waals surface area (Å²) in [5, 5.41) is 2.84.